The van der Waals surface area contributed by atoms with Crippen molar-refractivity contribution < 1.29 is 14.3 Å². The second kappa shape index (κ2) is 7.17. The van der Waals surface area contributed by atoms with Crippen molar-refractivity contribution in [1.82, 2.24) is 9.97 Å². The van der Waals surface area contributed by atoms with E-state index in [0.29, 0.717) is 5.75 Å². The standard InChI is InChI=1S/C18H14N2O3/c21-18(16-12-19-10-11-20-16)22-13-14-6-4-5-9-17(14)23-15-7-2-1-3-8-15/h1-12H,13H2. The molecule has 0 unspecified atom stereocenters. The molecule has 0 atom stereocenters. The smallest absolute Gasteiger partial charge is 0.358 e. The lowest BCUT2D eigenvalue weighted by atomic mass is 10.2. The van der Waals surface area contributed by atoms with Gasteiger partial charge in [-0.1, -0.05) is 36.4 Å². The zero-order chi connectivity index (χ0) is 15.9. The van der Waals surface area contributed by atoms with Gasteiger partial charge in [0, 0.05) is 18.0 Å². The Balaban J connectivity index is 1.70. The van der Waals surface area contributed by atoms with Gasteiger partial charge < -0.3 is 9.47 Å². The molecule has 5 heteroatoms. The van der Waals surface area contributed by atoms with Gasteiger partial charge in [0.15, 0.2) is 5.69 Å². The SMILES string of the molecule is O=C(OCc1ccccc1Oc1ccccc1)c1cnccn1. The van der Waals surface area contributed by atoms with Crippen molar-refractivity contribution in [2.75, 3.05) is 0 Å². The molecule has 5 nitrogen and oxygen atoms in total. The maximum absolute atomic E-state index is 11.9. The lowest BCUT2D eigenvalue weighted by Crippen LogP contribution is -2.08. The summed E-state index contributed by atoms with van der Waals surface area (Å²) in [6.07, 6.45) is 4.32. The Morgan fingerprint density at radius 3 is 2.52 bits per heavy atom. The molecule has 1 heterocycles. The van der Waals surface area contributed by atoms with Crippen molar-refractivity contribution in [3.05, 3.63) is 84.4 Å². The molecule has 3 aromatic rings. The number of benzene rings is 2. The van der Waals surface area contributed by atoms with Crippen LogP contribution >= 0.6 is 0 Å². The molecular formula is C18H14N2O3. The van der Waals surface area contributed by atoms with E-state index in [0.717, 1.165) is 11.3 Å². The first-order valence-electron chi connectivity index (χ1n) is 7.07. The third-order valence-corrected chi connectivity index (χ3v) is 3.07. The molecule has 0 amide bonds. The van der Waals surface area contributed by atoms with Crippen molar-refractivity contribution >= 4 is 5.97 Å². The normalized spacial score (nSPS) is 10.1. The van der Waals surface area contributed by atoms with Crippen molar-refractivity contribution in [2.45, 2.75) is 6.61 Å². The van der Waals surface area contributed by atoms with Crippen LogP contribution in [0.2, 0.25) is 0 Å². The number of hydrogen-bond donors (Lipinski definition) is 0. The van der Waals surface area contributed by atoms with E-state index in [-0.39, 0.29) is 12.3 Å². The molecule has 0 N–H and O–H groups in total. The monoisotopic (exact) mass is 306 g/mol. The number of aromatic nitrogens is 2. The highest BCUT2D eigenvalue weighted by Crippen LogP contribution is 2.25. The van der Waals surface area contributed by atoms with Crippen molar-refractivity contribution in [2.24, 2.45) is 0 Å². The second-order valence-corrected chi connectivity index (χ2v) is 4.69. The second-order valence-electron chi connectivity index (χ2n) is 4.69. The molecule has 2 aromatic carbocycles. The lowest BCUT2D eigenvalue weighted by molar-refractivity contribution is 0.0463. The van der Waals surface area contributed by atoms with E-state index in [9.17, 15) is 4.79 Å². The van der Waals surface area contributed by atoms with Crippen LogP contribution in [0.15, 0.2) is 73.2 Å². The predicted octanol–water partition coefficient (Wildman–Crippen LogP) is 3.63. The van der Waals surface area contributed by atoms with Gasteiger partial charge in [0.05, 0.1) is 6.20 Å². The van der Waals surface area contributed by atoms with Gasteiger partial charge >= 0.3 is 5.97 Å². The molecule has 0 aliphatic carbocycles. The number of carbonyl (C=O) groups is 1. The molecule has 23 heavy (non-hydrogen) atoms. The number of rotatable bonds is 5. The van der Waals surface area contributed by atoms with Crippen molar-refractivity contribution in [3.63, 3.8) is 0 Å². The third-order valence-electron chi connectivity index (χ3n) is 3.07. The third kappa shape index (κ3) is 3.91. The van der Waals surface area contributed by atoms with Crippen LogP contribution in [0.4, 0.5) is 0 Å². The number of esters is 1. The fraction of sp³-hybridized carbons (Fsp3) is 0.0556. The maximum atomic E-state index is 11.9. The van der Waals surface area contributed by atoms with E-state index in [1.54, 1.807) is 0 Å². The zero-order valence-corrected chi connectivity index (χ0v) is 12.3. The Morgan fingerprint density at radius 1 is 0.957 bits per heavy atom. The fourth-order valence-corrected chi connectivity index (χ4v) is 1.96. The first-order chi connectivity index (χ1) is 11.3. The van der Waals surface area contributed by atoms with Gasteiger partial charge in [-0.2, -0.15) is 0 Å². The Morgan fingerprint density at radius 2 is 1.74 bits per heavy atom. The van der Waals surface area contributed by atoms with Crippen LogP contribution in [0.3, 0.4) is 0 Å². The summed E-state index contributed by atoms with van der Waals surface area (Å²) in [6.45, 7) is 0.0956. The fourth-order valence-electron chi connectivity index (χ4n) is 1.96. The highest BCUT2D eigenvalue weighted by molar-refractivity contribution is 5.86. The molecule has 0 radical (unpaired) electrons. The van der Waals surface area contributed by atoms with Gasteiger partial charge in [0.1, 0.15) is 18.1 Å². The van der Waals surface area contributed by atoms with Crippen LogP contribution in [0.5, 0.6) is 11.5 Å². The summed E-state index contributed by atoms with van der Waals surface area (Å²) in [5.74, 6) is 0.846. The maximum Gasteiger partial charge on any atom is 0.358 e. The van der Waals surface area contributed by atoms with Gasteiger partial charge in [0.25, 0.3) is 0 Å². The van der Waals surface area contributed by atoms with Gasteiger partial charge in [0.2, 0.25) is 0 Å². The average Bonchev–Trinajstić information content (AvgIpc) is 2.62. The number of carbonyl (C=O) groups excluding carboxylic acids is 1. The molecule has 0 fully saturated rings. The zero-order valence-electron chi connectivity index (χ0n) is 12.3. The summed E-state index contributed by atoms with van der Waals surface area (Å²) in [5.41, 5.74) is 0.947. The van der Waals surface area contributed by atoms with Crippen molar-refractivity contribution in [1.29, 1.82) is 0 Å². The highest BCUT2D eigenvalue weighted by Gasteiger charge is 2.11. The molecule has 114 valence electrons. The molecule has 3 rings (SSSR count). The van der Waals surface area contributed by atoms with Gasteiger partial charge in [-0.3, -0.25) is 4.98 Å². The predicted molar refractivity (Wildman–Crippen MR) is 84.1 cm³/mol. The molecular weight excluding hydrogens is 292 g/mol. The van der Waals surface area contributed by atoms with Gasteiger partial charge in [-0.15, -0.1) is 0 Å². The average molecular weight is 306 g/mol. The number of para-hydroxylation sites is 2. The Kier molecular flexibility index (Phi) is 4.59. The summed E-state index contributed by atoms with van der Waals surface area (Å²) in [7, 11) is 0. The Labute approximate surface area is 133 Å². The van der Waals surface area contributed by atoms with Crippen LogP contribution in [0, 0.1) is 0 Å². The quantitative estimate of drug-likeness (QED) is 0.674. The van der Waals surface area contributed by atoms with Gasteiger partial charge in [-0.05, 0) is 18.2 Å². The summed E-state index contributed by atoms with van der Waals surface area (Å²) < 4.78 is 11.1. The number of nitrogens with zero attached hydrogens (tertiary/aromatic N) is 2. The summed E-state index contributed by atoms with van der Waals surface area (Å²) in [4.78, 5) is 19.7. The van der Waals surface area contributed by atoms with E-state index in [1.165, 1.54) is 18.6 Å². The number of ether oxygens (including phenoxy) is 2. The topological polar surface area (TPSA) is 61.3 Å². The Hall–Kier alpha value is -3.21. The molecule has 0 bridgehead atoms. The first-order valence-corrected chi connectivity index (χ1v) is 7.07. The molecule has 0 spiro atoms. The molecule has 0 saturated heterocycles. The molecule has 0 aliphatic heterocycles. The Bertz CT molecular complexity index is 777. The summed E-state index contributed by atoms with van der Waals surface area (Å²) >= 11 is 0. The van der Waals surface area contributed by atoms with E-state index in [1.807, 2.05) is 54.6 Å². The minimum atomic E-state index is -0.521. The first kappa shape index (κ1) is 14.7. The summed E-state index contributed by atoms with van der Waals surface area (Å²) in [5, 5.41) is 0. The van der Waals surface area contributed by atoms with E-state index in [4.69, 9.17) is 9.47 Å². The van der Waals surface area contributed by atoms with E-state index in [2.05, 4.69) is 9.97 Å². The molecule has 0 aliphatic rings. The highest BCUT2D eigenvalue weighted by atomic mass is 16.5. The largest absolute Gasteiger partial charge is 0.457 e. The minimum Gasteiger partial charge on any atom is -0.457 e. The lowest BCUT2D eigenvalue weighted by Gasteiger charge is -2.11. The van der Waals surface area contributed by atoms with Crippen LogP contribution in [-0.2, 0) is 11.3 Å². The van der Waals surface area contributed by atoms with Crippen LogP contribution in [0.25, 0.3) is 0 Å². The van der Waals surface area contributed by atoms with Crippen LogP contribution in [-0.4, -0.2) is 15.9 Å². The van der Waals surface area contributed by atoms with Crippen LogP contribution in [0.1, 0.15) is 16.1 Å². The van der Waals surface area contributed by atoms with Gasteiger partial charge in [-0.25, -0.2) is 9.78 Å². The minimum absolute atomic E-state index is 0.0956. The van der Waals surface area contributed by atoms with Crippen molar-refractivity contribution in [3.8, 4) is 11.5 Å². The molecule has 0 saturated carbocycles. The van der Waals surface area contributed by atoms with E-state index < -0.39 is 5.97 Å². The molecule has 1 aromatic heterocycles. The summed E-state index contributed by atoms with van der Waals surface area (Å²) in [6, 6.07) is 16.8. The van der Waals surface area contributed by atoms with Crippen LogP contribution < -0.4 is 4.74 Å². The van der Waals surface area contributed by atoms with E-state index >= 15 is 0 Å². The number of hydrogen-bond acceptors (Lipinski definition) is 5.